The van der Waals surface area contributed by atoms with Crippen LogP contribution in [-0.4, -0.2) is 89.3 Å². The Morgan fingerprint density at radius 1 is 0.922 bits per heavy atom. The number of hydrogen-bond donors (Lipinski definition) is 2. The molecule has 0 radical (unpaired) electrons. The second kappa shape index (κ2) is 16.1. The van der Waals surface area contributed by atoms with E-state index >= 15 is 0 Å². The molecule has 0 spiro atoms. The summed E-state index contributed by atoms with van der Waals surface area (Å²) in [7, 11) is 3.17. The lowest BCUT2D eigenvalue weighted by Gasteiger charge is -2.37. The van der Waals surface area contributed by atoms with E-state index in [9.17, 15) is 33.6 Å². The molecule has 1 aliphatic heterocycles. The highest BCUT2D eigenvalue weighted by molar-refractivity contribution is 6.38. The molecule has 1 saturated heterocycles. The largest absolute Gasteiger partial charge is 0.444 e. The number of carbonyl (C=O) groups excluding carboxylic acids is 7. The van der Waals surface area contributed by atoms with Gasteiger partial charge in [0.05, 0.1) is 6.04 Å². The molecule has 1 aromatic carbocycles. The van der Waals surface area contributed by atoms with Gasteiger partial charge in [-0.3, -0.25) is 28.8 Å². The monoisotopic (exact) mass is 708 g/mol. The van der Waals surface area contributed by atoms with E-state index in [0.29, 0.717) is 18.5 Å². The van der Waals surface area contributed by atoms with Crippen LogP contribution in [0.3, 0.4) is 0 Å². The second-order valence-corrected chi connectivity index (χ2v) is 16.9. The van der Waals surface area contributed by atoms with E-state index < -0.39 is 58.6 Å². The highest BCUT2D eigenvalue weighted by Crippen LogP contribution is 2.51. The van der Waals surface area contributed by atoms with Gasteiger partial charge in [-0.15, -0.1) is 0 Å². The minimum atomic E-state index is -0.949. The van der Waals surface area contributed by atoms with Gasteiger partial charge in [-0.25, -0.2) is 4.79 Å². The third-order valence-corrected chi connectivity index (χ3v) is 10.2. The zero-order valence-corrected chi connectivity index (χ0v) is 31.5. The van der Waals surface area contributed by atoms with Crippen molar-refractivity contribution in [3.8, 4) is 0 Å². The first-order valence-corrected chi connectivity index (χ1v) is 18.2. The smallest absolute Gasteiger partial charge is 0.408 e. The van der Waals surface area contributed by atoms with Crippen molar-refractivity contribution in [2.24, 2.45) is 29.1 Å². The third-order valence-electron chi connectivity index (χ3n) is 10.2. The van der Waals surface area contributed by atoms with E-state index in [1.165, 1.54) is 4.90 Å². The van der Waals surface area contributed by atoms with Crippen LogP contribution in [0.1, 0.15) is 105 Å². The highest BCUT2D eigenvalue weighted by atomic mass is 16.6. The molecule has 4 amide bonds. The number of hydrogen-bond acceptors (Lipinski definition) is 8. The number of ether oxygens (including phenoxy) is 1. The molecule has 2 N–H and O–H groups in total. The van der Waals surface area contributed by atoms with Crippen molar-refractivity contribution in [2.45, 2.75) is 117 Å². The summed E-state index contributed by atoms with van der Waals surface area (Å²) in [5.41, 5.74) is -0.850. The molecule has 2 aliphatic carbocycles. The quantitative estimate of drug-likeness (QED) is 0.254. The van der Waals surface area contributed by atoms with Crippen molar-refractivity contribution in [3.05, 3.63) is 35.9 Å². The Labute approximate surface area is 301 Å². The molecule has 280 valence electrons. The molecule has 6 atom stereocenters. The van der Waals surface area contributed by atoms with Gasteiger partial charge in [0, 0.05) is 45.8 Å². The van der Waals surface area contributed by atoms with Gasteiger partial charge in [-0.2, -0.15) is 0 Å². The Morgan fingerprint density at radius 3 is 2.12 bits per heavy atom. The Bertz CT molecular complexity index is 1490. The Balaban J connectivity index is 1.43. The molecular formula is C39H56N4O8. The van der Waals surface area contributed by atoms with Crippen LogP contribution in [0.25, 0.3) is 0 Å². The molecule has 2 saturated carbocycles. The number of likely N-dealkylation sites (tertiary alicyclic amines) is 1. The Kier molecular flexibility index (Phi) is 12.5. The maximum atomic E-state index is 14.1. The predicted octanol–water partition coefficient (Wildman–Crippen LogP) is 4.40. The van der Waals surface area contributed by atoms with Crippen LogP contribution in [0, 0.1) is 29.1 Å². The maximum absolute atomic E-state index is 14.1. The number of rotatable bonds is 15. The van der Waals surface area contributed by atoms with Crippen LogP contribution in [0.2, 0.25) is 0 Å². The maximum Gasteiger partial charge on any atom is 0.408 e. The number of piperidine rings is 1. The minimum absolute atomic E-state index is 0.0233. The number of likely N-dealkylation sites (N-methyl/N-ethyl adjacent to an activating group) is 1. The summed E-state index contributed by atoms with van der Waals surface area (Å²) < 4.78 is 5.43. The summed E-state index contributed by atoms with van der Waals surface area (Å²) in [6.07, 6.45) is 2.53. The summed E-state index contributed by atoms with van der Waals surface area (Å²) in [6.45, 7) is 11.1. The summed E-state index contributed by atoms with van der Waals surface area (Å²) in [5, 5.41) is 5.44. The van der Waals surface area contributed by atoms with Crippen molar-refractivity contribution in [2.75, 3.05) is 20.6 Å². The van der Waals surface area contributed by atoms with Crippen LogP contribution in [0.5, 0.6) is 0 Å². The summed E-state index contributed by atoms with van der Waals surface area (Å²) in [5.74, 6) is -3.37. The number of amides is 4. The number of Topliss-reactive ketones (excluding diaryl/α,β-unsaturated/α-hetero) is 3. The summed E-state index contributed by atoms with van der Waals surface area (Å²) in [4.78, 5) is 96.6. The molecule has 1 unspecified atom stereocenters. The predicted molar refractivity (Wildman–Crippen MR) is 190 cm³/mol. The van der Waals surface area contributed by atoms with Gasteiger partial charge in [0.2, 0.25) is 23.5 Å². The van der Waals surface area contributed by atoms with Gasteiger partial charge in [-0.05, 0) is 62.3 Å². The lowest BCUT2D eigenvalue weighted by molar-refractivity contribution is -0.144. The van der Waals surface area contributed by atoms with E-state index in [1.807, 2.05) is 20.8 Å². The Morgan fingerprint density at radius 2 is 1.57 bits per heavy atom. The summed E-state index contributed by atoms with van der Waals surface area (Å²) in [6, 6.07) is 6.15. The lowest BCUT2D eigenvalue weighted by atomic mass is 9.75. The fourth-order valence-electron chi connectivity index (χ4n) is 7.12. The van der Waals surface area contributed by atoms with Gasteiger partial charge in [-0.1, -0.05) is 70.4 Å². The SMILES string of the molecule is CN(C)C(=O)[C@@H](NC(=O)CCC(=O)C(=O)C(CC(=O)[C@@H]1[C@H]2C[C@H]2CN1C(=O)[C@@H](NC(=O)OC(C)(C)C)C(C)(C)C)CC1CCC1)c1ccccc1. The first-order valence-electron chi connectivity index (χ1n) is 18.2. The number of nitrogens with one attached hydrogen (secondary N) is 2. The first kappa shape index (κ1) is 39.7. The topological polar surface area (TPSA) is 159 Å². The average Bonchev–Trinajstić information content (AvgIpc) is 3.68. The highest BCUT2D eigenvalue weighted by Gasteiger charge is 2.58. The molecule has 0 aromatic heterocycles. The van der Waals surface area contributed by atoms with E-state index in [2.05, 4.69) is 10.6 Å². The van der Waals surface area contributed by atoms with E-state index in [1.54, 1.807) is 70.1 Å². The molecule has 12 nitrogen and oxygen atoms in total. The van der Waals surface area contributed by atoms with Crippen LogP contribution >= 0.6 is 0 Å². The van der Waals surface area contributed by atoms with Crippen molar-refractivity contribution in [1.82, 2.24) is 20.4 Å². The van der Waals surface area contributed by atoms with E-state index in [4.69, 9.17) is 4.74 Å². The third kappa shape index (κ3) is 10.5. The standard InChI is InChI=1S/C39H56N4O8/c1-38(2,3)34(41-37(50)51-39(4,5)6)36(49)43-22-26-20-27(26)32(43)29(45)21-25(19-23-13-12-14-23)33(47)28(44)17-18-30(46)40-31(35(48)42(7)8)24-15-10-9-11-16-24/h9-11,15-16,23,25-27,31-32,34H,12-14,17-22H2,1-8H3,(H,40,46)(H,41,50)/t25?,26-,27-,31-,32-,34+/m0/s1. The molecule has 51 heavy (non-hydrogen) atoms. The van der Waals surface area contributed by atoms with E-state index in [-0.39, 0.29) is 54.6 Å². The first-order chi connectivity index (χ1) is 23.8. The molecular weight excluding hydrogens is 652 g/mol. The zero-order valence-electron chi connectivity index (χ0n) is 31.5. The number of alkyl carbamates (subject to hydrolysis) is 1. The van der Waals surface area contributed by atoms with Crippen LogP contribution in [-0.2, 0) is 33.5 Å². The second-order valence-electron chi connectivity index (χ2n) is 16.9. The minimum Gasteiger partial charge on any atom is -0.444 e. The van der Waals surface area contributed by atoms with Crippen LogP contribution in [0.4, 0.5) is 4.79 Å². The molecule has 12 heteroatoms. The molecule has 0 bridgehead atoms. The van der Waals surface area contributed by atoms with Gasteiger partial charge in [0.1, 0.15) is 17.7 Å². The van der Waals surface area contributed by atoms with Gasteiger partial charge < -0.3 is 25.2 Å². The van der Waals surface area contributed by atoms with Crippen molar-refractivity contribution >= 4 is 41.2 Å². The number of nitrogens with zero attached hydrogens (tertiary/aromatic N) is 2. The zero-order chi connectivity index (χ0) is 37.8. The molecule has 1 aromatic rings. The van der Waals surface area contributed by atoms with Gasteiger partial charge >= 0.3 is 6.09 Å². The molecule has 4 rings (SSSR count). The Hall–Kier alpha value is -4.09. The summed E-state index contributed by atoms with van der Waals surface area (Å²) >= 11 is 0. The number of benzene rings is 1. The van der Waals surface area contributed by atoms with Gasteiger partial charge in [0.15, 0.2) is 11.6 Å². The van der Waals surface area contributed by atoms with Crippen molar-refractivity contribution < 1.29 is 38.3 Å². The number of ketones is 3. The fourth-order valence-corrected chi connectivity index (χ4v) is 7.12. The van der Waals surface area contributed by atoms with Crippen molar-refractivity contribution in [1.29, 1.82) is 0 Å². The van der Waals surface area contributed by atoms with E-state index in [0.717, 1.165) is 25.7 Å². The molecule has 3 fully saturated rings. The number of fused-ring (bicyclic) bond motifs is 1. The number of carbonyl (C=O) groups is 7. The van der Waals surface area contributed by atoms with Gasteiger partial charge in [0.25, 0.3) is 0 Å². The van der Waals surface area contributed by atoms with Crippen LogP contribution < -0.4 is 10.6 Å². The fraction of sp³-hybridized carbons (Fsp3) is 0.667. The molecule has 3 aliphatic rings. The average molecular weight is 709 g/mol. The van der Waals surface area contributed by atoms with Crippen LogP contribution in [0.15, 0.2) is 30.3 Å². The van der Waals surface area contributed by atoms with Crippen molar-refractivity contribution in [3.63, 3.8) is 0 Å². The normalized spacial score (nSPS) is 21.6. The lowest BCUT2D eigenvalue weighted by Crippen LogP contribution is -2.58. The molecule has 1 heterocycles.